The SMILES string of the molecule is CCO[SiH](CC(N)CC)OCC. The average Bonchev–Trinajstić information content (AvgIpc) is 2.05. The van der Waals surface area contributed by atoms with Crippen molar-refractivity contribution in [2.75, 3.05) is 13.2 Å². The fourth-order valence-electron chi connectivity index (χ4n) is 0.970. The minimum Gasteiger partial charge on any atom is -0.397 e. The van der Waals surface area contributed by atoms with Crippen LogP contribution in [0.5, 0.6) is 0 Å². The Hall–Kier alpha value is 0.0969. The third kappa shape index (κ3) is 5.71. The molecule has 1 atom stereocenters. The summed E-state index contributed by atoms with van der Waals surface area (Å²) in [5.41, 5.74) is 5.81. The fraction of sp³-hybridized carbons (Fsp3) is 1.00. The third-order valence-electron chi connectivity index (χ3n) is 1.72. The highest BCUT2D eigenvalue weighted by Gasteiger charge is 2.15. The van der Waals surface area contributed by atoms with E-state index in [9.17, 15) is 0 Å². The predicted octanol–water partition coefficient (Wildman–Crippen LogP) is 1.02. The van der Waals surface area contributed by atoms with Gasteiger partial charge in [-0.05, 0) is 20.3 Å². The summed E-state index contributed by atoms with van der Waals surface area (Å²) in [4.78, 5) is 0. The first-order valence-electron chi connectivity index (χ1n) is 4.73. The molecule has 1 unspecified atom stereocenters. The Labute approximate surface area is 77.1 Å². The van der Waals surface area contributed by atoms with E-state index in [-0.39, 0.29) is 6.04 Å². The van der Waals surface area contributed by atoms with Gasteiger partial charge in [-0.15, -0.1) is 0 Å². The van der Waals surface area contributed by atoms with Gasteiger partial charge in [0.25, 0.3) is 0 Å². The van der Waals surface area contributed by atoms with Crippen molar-refractivity contribution in [3.05, 3.63) is 0 Å². The van der Waals surface area contributed by atoms with Crippen LogP contribution in [0.15, 0.2) is 0 Å². The summed E-state index contributed by atoms with van der Waals surface area (Å²) < 4.78 is 11.0. The summed E-state index contributed by atoms with van der Waals surface area (Å²) in [6.45, 7) is 7.57. The molecule has 0 fully saturated rings. The van der Waals surface area contributed by atoms with Crippen molar-refractivity contribution in [2.24, 2.45) is 5.73 Å². The molecule has 0 aromatic heterocycles. The van der Waals surface area contributed by atoms with E-state index in [1.165, 1.54) is 0 Å². The first-order chi connectivity index (χ1) is 5.74. The van der Waals surface area contributed by atoms with E-state index in [0.717, 1.165) is 25.7 Å². The molecule has 0 heterocycles. The van der Waals surface area contributed by atoms with Crippen molar-refractivity contribution in [2.45, 2.75) is 39.3 Å². The molecule has 0 saturated carbocycles. The quantitative estimate of drug-likeness (QED) is 0.611. The van der Waals surface area contributed by atoms with Crippen molar-refractivity contribution in [1.29, 1.82) is 0 Å². The molecule has 0 aliphatic carbocycles. The fourth-order valence-corrected chi connectivity index (χ4v) is 2.91. The normalized spacial score (nSPS) is 13.8. The van der Waals surface area contributed by atoms with Gasteiger partial charge in [0.2, 0.25) is 0 Å². The minimum atomic E-state index is -1.43. The highest BCUT2D eigenvalue weighted by molar-refractivity contribution is 6.44. The molecule has 0 saturated heterocycles. The summed E-state index contributed by atoms with van der Waals surface area (Å²) in [6.07, 6.45) is 1.00. The maximum Gasteiger partial charge on any atom is 0.322 e. The van der Waals surface area contributed by atoms with Crippen LogP contribution in [0.4, 0.5) is 0 Å². The minimum absolute atomic E-state index is 0.250. The Kier molecular flexibility index (Phi) is 7.79. The lowest BCUT2D eigenvalue weighted by atomic mass is 10.3. The van der Waals surface area contributed by atoms with Gasteiger partial charge >= 0.3 is 9.28 Å². The second-order valence-electron chi connectivity index (χ2n) is 2.74. The Balaban J connectivity index is 3.61. The molecule has 0 amide bonds. The van der Waals surface area contributed by atoms with E-state index in [4.69, 9.17) is 14.6 Å². The zero-order valence-corrected chi connectivity index (χ0v) is 9.53. The van der Waals surface area contributed by atoms with Crippen LogP contribution in [0.3, 0.4) is 0 Å². The van der Waals surface area contributed by atoms with Crippen LogP contribution in [0.2, 0.25) is 6.04 Å². The average molecular weight is 191 g/mol. The Bertz CT molecular complexity index is 97.1. The highest BCUT2D eigenvalue weighted by atomic mass is 28.3. The monoisotopic (exact) mass is 191 g/mol. The Morgan fingerprint density at radius 3 is 2.00 bits per heavy atom. The molecule has 0 bridgehead atoms. The summed E-state index contributed by atoms with van der Waals surface area (Å²) in [5, 5.41) is 0. The predicted molar refractivity (Wildman–Crippen MR) is 53.5 cm³/mol. The number of rotatable bonds is 7. The maximum atomic E-state index is 5.81. The van der Waals surface area contributed by atoms with Crippen LogP contribution in [0, 0.1) is 0 Å². The van der Waals surface area contributed by atoms with E-state index in [1.54, 1.807) is 0 Å². The van der Waals surface area contributed by atoms with Gasteiger partial charge in [0.1, 0.15) is 0 Å². The molecule has 0 aliphatic heterocycles. The number of nitrogens with two attached hydrogens (primary N) is 1. The van der Waals surface area contributed by atoms with Crippen LogP contribution in [-0.2, 0) is 8.85 Å². The summed E-state index contributed by atoms with van der Waals surface area (Å²) in [5.74, 6) is 0. The number of hydrogen-bond donors (Lipinski definition) is 1. The van der Waals surface area contributed by atoms with Crippen LogP contribution < -0.4 is 5.73 Å². The first kappa shape index (κ1) is 12.1. The van der Waals surface area contributed by atoms with E-state index >= 15 is 0 Å². The second-order valence-corrected chi connectivity index (χ2v) is 4.74. The molecule has 0 radical (unpaired) electrons. The lowest BCUT2D eigenvalue weighted by molar-refractivity contribution is 0.211. The van der Waals surface area contributed by atoms with E-state index in [0.29, 0.717) is 0 Å². The molecule has 4 heteroatoms. The second kappa shape index (κ2) is 7.73. The molecule has 0 rings (SSSR count). The van der Waals surface area contributed by atoms with Crippen LogP contribution in [0.1, 0.15) is 27.2 Å². The summed E-state index contributed by atoms with van der Waals surface area (Å²) in [6, 6.07) is 1.18. The summed E-state index contributed by atoms with van der Waals surface area (Å²) >= 11 is 0. The van der Waals surface area contributed by atoms with Gasteiger partial charge in [-0.2, -0.15) is 0 Å². The van der Waals surface area contributed by atoms with Crippen molar-refractivity contribution < 1.29 is 8.85 Å². The molecular formula is C8H21NO2Si. The zero-order valence-electron chi connectivity index (χ0n) is 8.38. The van der Waals surface area contributed by atoms with Crippen molar-refractivity contribution in [3.8, 4) is 0 Å². The van der Waals surface area contributed by atoms with Gasteiger partial charge in [-0.1, -0.05) is 6.92 Å². The van der Waals surface area contributed by atoms with Crippen LogP contribution in [-0.4, -0.2) is 28.5 Å². The maximum absolute atomic E-state index is 5.81. The van der Waals surface area contributed by atoms with Gasteiger partial charge in [0, 0.05) is 25.3 Å². The standard InChI is InChI=1S/C8H21NO2Si/c1-4-8(9)7-12(10-5-2)11-6-3/h8,12H,4-7,9H2,1-3H3. The first-order valence-corrected chi connectivity index (χ1v) is 6.49. The topological polar surface area (TPSA) is 44.5 Å². The Morgan fingerprint density at radius 1 is 1.17 bits per heavy atom. The summed E-state index contributed by atoms with van der Waals surface area (Å²) in [7, 11) is -1.43. The molecule has 0 aliphatic rings. The van der Waals surface area contributed by atoms with E-state index in [2.05, 4.69) is 6.92 Å². The molecule has 0 spiro atoms. The zero-order chi connectivity index (χ0) is 9.40. The largest absolute Gasteiger partial charge is 0.397 e. The van der Waals surface area contributed by atoms with Crippen molar-refractivity contribution in [3.63, 3.8) is 0 Å². The van der Waals surface area contributed by atoms with Gasteiger partial charge in [0.05, 0.1) is 0 Å². The van der Waals surface area contributed by atoms with Crippen molar-refractivity contribution in [1.82, 2.24) is 0 Å². The molecule has 12 heavy (non-hydrogen) atoms. The molecule has 2 N–H and O–H groups in total. The van der Waals surface area contributed by atoms with Gasteiger partial charge in [-0.3, -0.25) is 0 Å². The lowest BCUT2D eigenvalue weighted by Crippen LogP contribution is -2.32. The third-order valence-corrected chi connectivity index (χ3v) is 4.13. The lowest BCUT2D eigenvalue weighted by Gasteiger charge is -2.17. The van der Waals surface area contributed by atoms with Gasteiger partial charge < -0.3 is 14.6 Å². The molecule has 3 nitrogen and oxygen atoms in total. The number of hydrogen-bond acceptors (Lipinski definition) is 3. The smallest absolute Gasteiger partial charge is 0.322 e. The van der Waals surface area contributed by atoms with Crippen LogP contribution in [0.25, 0.3) is 0 Å². The molecule has 0 aromatic rings. The van der Waals surface area contributed by atoms with E-state index in [1.807, 2.05) is 13.8 Å². The van der Waals surface area contributed by atoms with E-state index < -0.39 is 9.28 Å². The highest BCUT2D eigenvalue weighted by Crippen LogP contribution is 2.03. The Morgan fingerprint density at radius 2 is 1.67 bits per heavy atom. The van der Waals surface area contributed by atoms with Crippen LogP contribution >= 0.6 is 0 Å². The molecular weight excluding hydrogens is 170 g/mol. The molecule has 0 aromatic carbocycles. The van der Waals surface area contributed by atoms with Gasteiger partial charge in [-0.25, -0.2) is 0 Å². The van der Waals surface area contributed by atoms with Gasteiger partial charge in [0.15, 0.2) is 0 Å². The van der Waals surface area contributed by atoms with Crippen molar-refractivity contribution >= 4 is 9.28 Å². The molecule has 74 valence electrons.